The molecule has 23 heavy (non-hydrogen) atoms. The number of ether oxygens (including phenoxy) is 2. The van der Waals surface area contributed by atoms with Gasteiger partial charge in [-0.3, -0.25) is 10.1 Å². The fraction of sp³-hybridized carbons (Fsp3) is 0.200. The van der Waals surface area contributed by atoms with E-state index in [2.05, 4.69) is 9.47 Å². The maximum atomic E-state index is 12.5. The predicted molar refractivity (Wildman–Crippen MR) is 82.1 cm³/mol. The van der Waals surface area contributed by atoms with Gasteiger partial charge in [0, 0.05) is 12.1 Å². The summed E-state index contributed by atoms with van der Waals surface area (Å²) < 4.78 is 33.9. The van der Waals surface area contributed by atoms with E-state index >= 15 is 0 Å². The monoisotopic (exact) mass is 382 g/mol. The molecule has 1 rings (SSSR count). The molecule has 0 atom stereocenters. The molecule has 0 fully saturated rings. The number of sulfonamides is 1. The van der Waals surface area contributed by atoms with Crippen molar-refractivity contribution in [3.8, 4) is 0 Å². The largest absolute Gasteiger partial charge is 0.460 e. The molecule has 1 aromatic carbocycles. The summed E-state index contributed by atoms with van der Waals surface area (Å²) in [6.45, 7) is 0. The van der Waals surface area contributed by atoms with Gasteiger partial charge in [-0.05, 0) is 6.07 Å². The fourth-order valence-electron chi connectivity index (χ4n) is 1.16. The first-order chi connectivity index (χ1) is 10.7. The third-order valence-corrected chi connectivity index (χ3v) is 6.40. The van der Waals surface area contributed by atoms with Crippen LogP contribution in [0.4, 0.5) is 15.3 Å². The molecule has 0 amide bonds. The highest BCUT2D eigenvalue weighted by atomic mass is 32.3. The second kappa shape index (κ2) is 8.14. The van der Waals surface area contributed by atoms with Crippen molar-refractivity contribution in [2.45, 2.75) is 4.90 Å². The average molecular weight is 382 g/mol. The number of hydrogen-bond acceptors (Lipinski definition) is 10. The molecule has 0 radical (unpaired) electrons. The van der Waals surface area contributed by atoms with Crippen LogP contribution in [0.25, 0.3) is 0 Å². The van der Waals surface area contributed by atoms with Gasteiger partial charge in [0.05, 0.1) is 47.9 Å². The lowest BCUT2D eigenvalue weighted by Gasteiger charge is -2.16. The zero-order valence-electron chi connectivity index (χ0n) is 11.7. The quantitative estimate of drug-likeness (QED) is 0.323. The van der Waals surface area contributed by atoms with Gasteiger partial charge in [-0.15, -0.1) is 0 Å². The summed E-state index contributed by atoms with van der Waals surface area (Å²) in [6, 6.07) is 4.15. The number of nitro benzene ring substituents is 1. The molecular weight excluding hydrogens is 372 g/mol. The number of rotatable bonds is 5. The normalized spacial score (nSPS) is 11.1. The number of carbonyl (C=O) groups excluding carboxylic acids is 2. The number of nitrogens with zero attached hydrogens (tertiary/aromatic N) is 2. The van der Waals surface area contributed by atoms with E-state index < -0.39 is 36.1 Å². The van der Waals surface area contributed by atoms with Gasteiger partial charge in [-0.1, -0.05) is 9.18 Å². The smallest absolute Gasteiger partial charge is 0.384 e. The highest BCUT2D eigenvalue weighted by Gasteiger charge is 2.33. The van der Waals surface area contributed by atoms with Crippen molar-refractivity contribution in [1.29, 1.82) is 0 Å². The Morgan fingerprint density at radius 1 is 1.17 bits per heavy atom. The van der Waals surface area contributed by atoms with E-state index in [1.165, 1.54) is 0 Å². The Kier molecular flexibility index (Phi) is 6.80. The third kappa shape index (κ3) is 5.09. The average Bonchev–Trinajstić information content (AvgIpc) is 2.53. The molecule has 0 unspecified atom stereocenters. The van der Waals surface area contributed by atoms with Gasteiger partial charge >= 0.3 is 10.6 Å². The molecule has 0 heterocycles. The Morgan fingerprint density at radius 2 is 1.70 bits per heavy atom. The molecule has 0 saturated heterocycles. The minimum Gasteiger partial charge on any atom is -0.460 e. The summed E-state index contributed by atoms with van der Waals surface area (Å²) in [5, 5.41) is 8.73. The standard InChI is InChI=1S/C10H10N2O8S3/c1-19-9(13)21-12(22-10(14)20-2)23(17,18)8-5-3-4-7(6-8)11(15)16/h3-6H,1-2H3. The zero-order chi connectivity index (χ0) is 17.6. The summed E-state index contributed by atoms with van der Waals surface area (Å²) >= 11 is 0.162. The zero-order valence-corrected chi connectivity index (χ0v) is 14.1. The van der Waals surface area contributed by atoms with E-state index in [4.69, 9.17) is 0 Å². The van der Waals surface area contributed by atoms with E-state index in [9.17, 15) is 28.1 Å². The van der Waals surface area contributed by atoms with Crippen molar-refractivity contribution in [3.63, 3.8) is 0 Å². The molecular formula is C10H10N2O8S3. The molecule has 0 N–H and O–H groups in total. The molecule has 0 aromatic heterocycles. The van der Waals surface area contributed by atoms with Crippen LogP contribution in [0.2, 0.25) is 0 Å². The van der Waals surface area contributed by atoms with Crippen LogP contribution in [0.1, 0.15) is 0 Å². The minimum absolute atomic E-state index is 0.0810. The second-order valence-electron chi connectivity index (χ2n) is 3.54. The molecule has 0 saturated carbocycles. The van der Waals surface area contributed by atoms with Crippen LogP contribution in [-0.4, -0.2) is 41.3 Å². The molecule has 126 valence electrons. The van der Waals surface area contributed by atoms with Crippen molar-refractivity contribution < 1.29 is 32.4 Å². The number of methoxy groups -OCH3 is 2. The van der Waals surface area contributed by atoms with Crippen LogP contribution in [0.15, 0.2) is 29.2 Å². The van der Waals surface area contributed by atoms with Crippen LogP contribution in [-0.2, 0) is 19.5 Å². The molecule has 13 heteroatoms. The first-order valence-electron chi connectivity index (χ1n) is 5.54. The topological polar surface area (TPSA) is 133 Å². The van der Waals surface area contributed by atoms with Crippen LogP contribution in [0.3, 0.4) is 0 Å². The number of benzene rings is 1. The maximum absolute atomic E-state index is 12.5. The Labute approximate surface area is 139 Å². The summed E-state index contributed by atoms with van der Waals surface area (Å²) in [6.07, 6.45) is 0. The van der Waals surface area contributed by atoms with Crippen molar-refractivity contribution in [3.05, 3.63) is 34.4 Å². The molecule has 0 aliphatic heterocycles. The van der Waals surface area contributed by atoms with Crippen LogP contribution < -0.4 is 0 Å². The van der Waals surface area contributed by atoms with E-state index in [-0.39, 0.29) is 23.9 Å². The van der Waals surface area contributed by atoms with Crippen LogP contribution in [0, 0.1) is 10.1 Å². The first-order valence-corrected chi connectivity index (χ1v) is 8.52. The fourth-order valence-corrected chi connectivity index (χ4v) is 4.42. The minimum atomic E-state index is -4.41. The van der Waals surface area contributed by atoms with E-state index in [1.807, 2.05) is 0 Å². The van der Waals surface area contributed by atoms with Crippen LogP contribution in [0.5, 0.6) is 0 Å². The highest BCUT2D eigenvalue weighted by molar-refractivity contribution is 8.32. The molecule has 0 aliphatic carbocycles. The molecule has 0 bridgehead atoms. The summed E-state index contributed by atoms with van der Waals surface area (Å²) in [5.74, 6) is 0. The van der Waals surface area contributed by atoms with Crippen molar-refractivity contribution >= 4 is 50.2 Å². The number of carbonyl (C=O) groups is 2. The van der Waals surface area contributed by atoms with Crippen molar-refractivity contribution in [1.82, 2.24) is 3.12 Å². The Hall–Kier alpha value is -1.83. The Balaban J connectivity index is 3.25. The third-order valence-electron chi connectivity index (χ3n) is 2.15. The van der Waals surface area contributed by atoms with Crippen molar-refractivity contribution in [2.75, 3.05) is 14.2 Å². The summed E-state index contributed by atoms with van der Waals surface area (Å²) in [5.41, 5.74) is -0.461. The second-order valence-corrected chi connectivity index (χ2v) is 7.79. The van der Waals surface area contributed by atoms with Crippen molar-refractivity contribution in [2.24, 2.45) is 0 Å². The lowest BCUT2D eigenvalue weighted by molar-refractivity contribution is -0.385. The molecule has 1 aromatic rings. The summed E-state index contributed by atoms with van der Waals surface area (Å²) in [7, 11) is -2.37. The van der Waals surface area contributed by atoms with Gasteiger partial charge in [0.1, 0.15) is 0 Å². The lowest BCUT2D eigenvalue weighted by atomic mass is 10.3. The van der Waals surface area contributed by atoms with Gasteiger partial charge in [0.25, 0.3) is 15.7 Å². The number of hydrogen-bond donors (Lipinski definition) is 0. The SMILES string of the molecule is COC(=O)SN(SC(=O)OC)S(=O)(=O)c1cccc([N+](=O)[O-])c1. The van der Waals surface area contributed by atoms with E-state index in [0.29, 0.717) is 3.12 Å². The van der Waals surface area contributed by atoms with Gasteiger partial charge in [0.2, 0.25) is 0 Å². The maximum Gasteiger partial charge on any atom is 0.384 e. The molecule has 0 spiro atoms. The van der Waals surface area contributed by atoms with Gasteiger partial charge < -0.3 is 9.47 Å². The molecule has 0 aliphatic rings. The lowest BCUT2D eigenvalue weighted by Crippen LogP contribution is -2.22. The van der Waals surface area contributed by atoms with Crippen LogP contribution >= 0.6 is 23.9 Å². The summed E-state index contributed by atoms with van der Waals surface area (Å²) in [4.78, 5) is 32.1. The number of non-ortho nitro benzene ring substituents is 1. The van der Waals surface area contributed by atoms with Gasteiger partial charge in [-0.25, -0.2) is 18.0 Å². The first kappa shape index (κ1) is 19.2. The number of nitro groups is 1. The Morgan fingerprint density at radius 3 is 2.13 bits per heavy atom. The van der Waals surface area contributed by atoms with E-state index in [0.717, 1.165) is 38.5 Å². The van der Waals surface area contributed by atoms with Gasteiger partial charge in [-0.2, -0.15) is 0 Å². The predicted octanol–water partition coefficient (Wildman–Crippen LogP) is 2.41. The highest BCUT2D eigenvalue weighted by Crippen LogP contribution is 2.33. The molecule has 10 nitrogen and oxygen atoms in total. The van der Waals surface area contributed by atoms with E-state index in [1.54, 1.807) is 0 Å². The van der Waals surface area contributed by atoms with Gasteiger partial charge in [0.15, 0.2) is 0 Å². The Bertz CT molecular complexity index is 703.